The number of rotatable bonds is 6. The van der Waals surface area contributed by atoms with Gasteiger partial charge in [-0.25, -0.2) is 5.43 Å². The summed E-state index contributed by atoms with van der Waals surface area (Å²) in [6.45, 7) is 5.73. The maximum absolute atomic E-state index is 12.0. The second kappa shape index (κ2) is 7.82. The number of phenols is 2. The highest BCUT2D eigenvalue weighted by Crippen LogP contribution is 2.20. The summed E-state index contributed by atoms with van der Waals surface area (Å²) in [4.78, 5) is 12.0. The van der Waals surface area contributed by atoms with Crippen LogP contribution >= 0.6 is 0 Å². The Morgan fingerprint density at radius 1 is 1.21 bits per heavy atom. The number of nitrogens with zero attached hydrogens (tertiary/aromatic N) is 1. The van der Waals surface area contributed by atoms with Crippen LogP contribution in [0.4, 0.5) is 0 Å². The molecule has 0 saturated heterocycles. The van der Waals surface area contributed by atoms with Crippen molar-refractivity contribution < 1.29 is 19.7 Å². The summed E-state index contributed by atoms with van der Waals surface area (Å²) in [5, 5.41) is 22.8. The van der Waals surface area contributed by atoms with E-state index in [-0.39, 0.29) is 17.1 Å². The van der Waals surface area contributed by atoms with E-state index in [0.717, 1.165) is 11.6 Å². The third-order valence-corrected chi connectivity index (χ3v) is 3.11. The summed E-state index contributed by atoms with van der Waals surface area (Å²) >= 11 is 0. The first kappa shape index (κ1) is 17.1. The minimum absolute atomic E-state index is 0.104. The third kappa shape index (κ3) is 4.61. The third-order valence-electron chi connectivity index (χ3n) is 3.11. The molecule has 0 aliphatic carbocycles. The van der Waals surface area contributed by atoms with E-state index in [1.807, 2.05) is 18.2 Å². The van der Waals surface area contributed by atoms with Crippen LogP contribution in [0.1, 0.15) is 22.8 Å². The Balaban J connectivity index is 2.10. The maximum atomic E-state index is 12.0. The molecule has 3 N–H and O–H groups in total. The van der Waals surface area contributed by atoms with Crippen molar-refractivity contribution in [2.24, 2.45) is 5.10 Å². The van der Waals surface area contributed by atoms with Gasteiger partial charge in [-0.15, -0.1) is 0 Å². The molecular formula is C18H18N2O4. The van der Waals surface area contributed by atoms with Crippen molar-refractivity contribution >= 4 is 11.6 Å². The number of hydrogen-bond acceptors (Lipinski definition) is 5. The van der Waals surface area contributed by atoms with E-state index in [9.17, 15) is 15.0 Å². The summed E-state index contributed by atoms with van der Waals surface area (Å²) in [6, 6.07) is 10.9. The van der Waals surface area contributed by atoms with Gasteiger partial charge in [0.2, 0.25) is 0 Å². The summed E-state index contributed by atoms with van der Waals surface area (Å²) in [5.41, 5.74) is 3.86. The van der Waals surface area contributed by atoms with E-state index in [1.54, 1.807) is 19.1 Å². The molecule has 6 nitrogen and oxygen atoms in total. The van der Waals surface area contributed by atoms with Gasteiger partial charge in [0.25, 0.3) is 5.91 Å². The first-order valence-electron chi connectivity index (χ1n) is 7.21. The largest absolute Gasteiger partial charge is 0.508 e. The summed E-state index contributed by atoms with van der Waals surface area (Å²) < 4.78 is 5.45. The lowest BCUT2D eigenvalue weighted by molar-refractivity contribution is 0.0954. The molecule has 0 aliphatic heterocycles. The molecule has 0 saturated carbocycles. The van der Waals surface area contributed by atoms with Crippen LogP contribution in [-0.4, -0.2) is 28.4 Å². The van der Waals surface area contributed by atoms with Crippen molar-refractivity contribution in [1.82, 2.24) is 5.43 Å². The van der Waals surface area contributed by atoms with Crippen LogP contribution in [0.15, 0.2) is 60.2 Å². The number of carbonyl (C=O) groups is 1. The smallest absolute Gasteiger partial charge is 0.271 e. The fourth-order valence-electron chi connectivity index (χ4n) is 1.96. The Kier molecular flexibility index (Phi) is 5.57. The van der Waals surface area contributed by atoms with Crippen LogP contribution in [0.5, 0.6) is 17.2 Å². The molecule has 0 radical (unpaired) electrons. The van der Waals surface area contributed by atoms with Crippen LogP contribution in [0.2, 0.25) is 0 Å². The zero-order valence-corrected chi connectivity index (χ0v) is 13.2. The molecule has 0 heterocycles. The van der Waals surface area contributed by atoms with Crippen molar-refractivity contribution in [3.05, 3.63) is 66.2 Å². The first-order chi connectivity index (χ1) is 11.5. The SMILES string of the molecule is C=CCOc1cccc(/C(C)=N/NC(=O)c2cc(O)cc(O)c2)c1. The lowest BCUT2D eigenvalue weighted by Crippen LogP contribution is -2.19. The van der Waals surface area contributed by atoms with E-state index in [0.29, 0.717) is 18.1 Å². The zero-order valence-electron chi connectivity index (χ0n) is 13.2. The standard InChI is InChI=1S/C18H18N2O4/c1-3-7-24-17-6-4-5-13(10-17)12(2)19-20-18(23)14-8-15(21)11-16(22)9-14/h3-6,8-11,21-22H,1,7H2,2H3,(H,20,23)/b19-12+. The molecule has 2 rings (SSSR count). The average molecular weight is 326 g/mol. The lowest BCUT2D eigenvalue weighted by Gasteiger charge is -2.07. The molecule has 0 atom stereocenters. The maximum Gasteiger partial charge on any atom is 0.271 e. The van der Waals surface area contributed by atoms with Gasteiger partial charge in [-0.05, 0) is 31.2 Å². The topological polar surface area (TPSA) is 91.2 Å². The van der Waals surface area contributed by atoms with E-state index >= 15 is 0 Å². The Morgan fingerprint density at radius 3 is 2.58 bits per heavy atom. The zero-order chi connectivity index (χ0) is 17.5. The number of amides is 1. The lowest BCUT2D eigenvalue weighted by atomic mass is 10.1. The van der Waals surface area contributed by atoms with Gasteiger partial charge in [0, 0.05) is 17.2 Å². The molecule has 2 aromatic rings. The second-order valence-corrected chi connectivity index (χ2v) is 5.00. The molecular weight excluding hydrogens is 308 g/mol. The highest BCUT2D eigenvalue weighted by atomic mass is 16.5. The first-order valence-corrected chi connectivity index (χ1v) is 7.21. The summed E-state index contributed by atoms with van der Waals surface area (Å²) in [6.07, 6.45) is 1.65. The average Bonchev–Trinajstić information content (AvgIpc) is 2.57. The van der Waals surface area contributed by atoms with Crippen molar-refractivity contribution in [1.29, 1.82) is 0 Å². The van der Waals surface area contributed by atoms with Gasteiger partial charge >= 0.3 is 0 Å². The number of hydrogen-bond donors (Lipinski definition) is 3. The molecule has 24 heavy (non-hydrogen) atoms. The number of ether oxygens (including phenoxy) is 1. The molecule has 124 valence electrons. The highest BCUT2D eigenvalue weighted by Gasteiger charge is 2.08. The fraction of sp³-hybridized carbons (Fsp3) is 0.111. The Labute approximate surface area is 139 Å². The van der Waals surface area contributed by atoms with Crippen LogP contribution in [0, 0.1) is 0 Å². The van der Waals surface area contributed by atoms with Crippen LogP contribution in [0.3, 0.4) is 0 Å². The normalized spacial score (nSPS) is 11.0. The summed E-state index contributed by atoms with van der Waals surface area (Å²) in [7, 11) is 0. The minimum atomic E-state index is -0.542. The number of phenolic OH excluding ortho intramolecular Hbond substituents is 2. The van der Waals surface area contributed by atoms with E-state index in [4.69, 9.17) is 4.74 Å². The van der Waals surface area contributed by atoms with Gasteiger partial charge in [-0.3, -0.25) is 4.79 Å². The van der Waals surface area contributed by atoms with Gasteiger partial charge in [-0.2, -0.15) is 5.10 Å². The van der Waals surface area contributed by atoms with Gasteiger partial charge in [0.05, 0.1) is 5.71 Å². The van der Waals surface area contributed by atoms with Gasteiger partial charge in [0.1, 0.15) is 23.9 Å². The van der Waals surface area contributed by atoms with Crippen molar-refractivity contribution in [2.45, 2.75) is 6.92 Å². The molecule has 2 aromatic carbocycles. The highest BCUT2D eigenvalue weighted by molar-refractivity contribution is 6.01. The van der Waals surface area contributed by atoms with Crippen LogP contribution < -0.4 is 10.2 Å². The molecule has 1 amide bonds. The molecule has 6 heteroatoms. The van der Waals surface area contributed by atoms with E-state index in [1.165, 1.54) is 12.1 Å². The van der Waals surface area contributed by atoms with Crippen LogP contribution in [0.25, 0.3) is 0 Å². The monoisotopic (exact) mass is 326 g/mol. The second-order valence-electron chi connectivity index (χ2n) is 5.00. The molecule has 0 spiro atoms. The molecule has 0 fully saturated rings. The molecule has 0 unspecified atom stereocenters. The predicted octanol–water partition coefficient (Wildman–Crippen LogP) is 2.82. The Hall–Kier alpha value is -3.28. The van der Waals surface area contributed by atoms with Gasteiger partial charge in [0.15, 0.2) is 0 Å². The fourth-order valence-corrected chi connectivity index (χ4v) is 1.96. The number of carbonyl (C=O) groups excluding carboxylic acids is 1. The van der Waals surface area contributed by atoms with Crippen LogP contribution in [-0.2, 0) is 0 Å². The van der Waals surface area contributed by atoms with Crippen molar-refractivity contribution in [3.8, 4) is 17.2 Å². The van der Waals surface area contributed by atoms with Gasteiger partial charge in [-0.1, -0.05) is 24.8 Å². The van der Waals surface area contributed by atoms with Gasteiger partial charge < -0.3 is 14.9 Å². The number of benzene rings is 2. The quantitative estimate of drug-likeness (QED) is 0.432. The van der Waals surface area contributed by atoms with Crippen molar-refractivity contribution in [2.75, 3.05) is 6.61 Å². The Bertz CT molecular complexity index is 764. The summed E-state index contributed by atoms with van der Waals surface area (Å²) in [5.74, 6) is -0.272. The number of nitrogens with one attached hydrogen (secondary N) is 1. The number of aromatic hydroxyl groups is 2. The predicted molar refractivity (Wildman–Crippen MR) is 91.6 cm³/mol. The molecule has 0 bridgehead atoms. The minimum Gasteiger partial charge on any atom is -0.508 e. The van der Waals surface area contributed by atoms with E-state index < -0.39 is 5.91 Å². The molecule has 0 aromatic heterocycles. The van der Waals surface area contributed by atoms with E-state index in [2.05, 4.69) is 17.1 Å². The van der Waals surface area contributed by atoms with Crippen molar-refractivity contribution in [3.63, 3.8) is 0 Å². The number of hydrazone groups is 1. The Morgan fingerprint density at radius 2 is 1.92 bits per heavy atom. The molecule has 0 aliphatic rings.